The van der Waals surface area contributed by atoms with Crippen molar-refractivity contribution in [2.75, 3.05) is 24.2 Å². The summed E-state index contributed by atoms with van der Waals surface area (Å²) in [4.78, 5) is 11.8. The van der Waals surface area contributed by atoms with Crippen molar-refractivity contribution in [3.8, 4) is 0 Å². The molecule has 1 atom stereocenters. The Morgan fingerprint density at radius 2 is 1.62 bits per heavy atom. The van der Waals surface area contributed by atoms with Crippen LogP contribution in [0, 0.1) is 0 Å². The van der Waals surface area contributed by atoms with Crippen LogP contribution in [0.3, 0.4) is 0 Å². The molecule has 0 fully saturated rings. The molecule has 0 heterocycles. The summed E-state index contributed by atoms with van der Waals surface area (Å²) in [6.07, 6.45) is 1.38. The number of halogens is 1. The van der Waals surface area contributed by atoms with Gasteiger partial charge in [-0.05, 0) is 56.8 Å². The molecule has 0 saturated heterocycles. The summed E-state index contributed by atoms with van der Waals surface area (Å²) in [6, 6.07) is 18.4. The van der Waals surface area contributed by atoms with Gasteiger partial charge < -0.3 is 16.0 Å². The van der Waals surface area contributed by atoms with Gasteiger partial charge in [0.05, 0.1) is 0 Å². The van der Waals surface area contributed by atoms with Crippen molar-refractivity contribution in [3.05, 3.63) is 60.2 Å². The molecule has 2 aromatic rings. The van der Waals surface area contributed by atoms with E-state index in [1.807, 2.05) is 49.5 Å². The largest absolute Gasteiger partial charge is 0.379 e. The lowest BCUT2D eigenvalue weighted by Gasteiger charge is -2.16. The third-order valence-electron chi connectivity index (χ3n) is 3.68. The summed E-state index contributed by atoms with van der Waals surface area (Å²) in [7, 11) is 1.89. The maximum Gasteiger partial charge on any atom is 0.224 e. The average Bonchev–Trinajstić information content (AvgIpc) is 2.57. The second-order valence-electron chi connectivity index (χ2n) is 5.61. The summed E-state index contributed by atoms with van der Waals surface area (Å²) in [5, 5.41) is 9.42. The number of amides is 1. The highest BCUT2D eigenvalue weighted by Gasteiger charge is 2.05. The molecule has 1 unspecified atom stereocenters. The molecule has 5 heteroatoms. The molecule has 4 nitrogen and oxygen atoms in total. The van der Waals surface area contributed by atoms with E-state index in [0.29, 0.717) is 6.42 Å². The highest BCUT2D eigenvalue weighted by Crippen LogP contribution is 2.20. The van der Waals surface area contributed by atoms with Crippen LogP contribution in [0.2, 0.25) is 0 Å². The summed E-state index contributed by atoms with van der Waals surface area (Å²) in [5.74, 6) is 0.0543. The fourth-order valence-electron chi connectivity index (χ4n) is 2.37. The second-order valence-corrected chi connectivity index (χ2v) is 5.61. The maximum atomic E-state index is 11.8. The smallest absolute Gasteiger partial charge is 0.224 e. The SMILES string of the molecule is CNCCCC(=O)Nc1ccc(NC(C)c2ccccc2)cc1.Cl. The predicted molar refractivity (Wildman–Crippen MR) is 104 cm³/mol. The van der Waals surface area contributed by atoms with Gasteiger partial charge in [0.2, 0.25) is 5.91 Å². The lowest BCUT2D eigenvalue weighted by molar-refractivity contribution is -0.116. The Balaban J connectivity index is 0.00000288. The molecule has 0 bridgehead atoms. The zero-order valence-corrected chi connectivity index (χ0v) is 15.0. The maximum absolute atomic E-state index is 11.8. The number of anilines is 2. The molecule has 0 aromatic heterocycles. The minimum absolute atomic E-state index is 0. The number of carbonyl (C=O) groups excluding carboxylic acids is 1. The van der Waals surface area contributed by atoms with Gasteiger partial charge in [-0.15, -0.1) is 12.4 Å². The topological polar surface area (TPSA) is 53.2 Å². The summed E-state index contributed by atoms with van der Waals surface area (Å²) in [5.41, 5.74) is 3.11. The Hall–Kier alpha value is -2.04. The van der Waals surface area contributed by atoms with E-state index in [9.17, 15) is 4.79 Å². The molecule has 0 aliphatic heterocycles. The van der Waals surface area contributed by atoms with E-state index in [1.54, 1.807) is 0 Å². The van der Waals surface area contributed by atoms with E-state index in [1.165, 1.54) is 5.56 Å². The first-order valence-corrected chi connectivity index (χ1v) is 8.05. The standard InChI is InChI=1S/C19H25N3O.ClH/c1-15(16-7-4-3-5-8-16)21-17-10-12-18(13-11-17)22-19(23)9-6-14-20-2;/h3-5,7-8,10-13,15,20-21H,6,9,14H2,1-2H3,(H,22,23);1H. The van der Waals surface area contributed by atoms with Gasteiger partial charge in [0.1, 0.15) is 0 Å². The van der Waals surface area contributed by atoms with Crippen LogP contribution in [0.5, 0.6) is 0 Å². The number of hydrogen-bond acceptors (Lipinski definition) is 3. The molecule has 0 aliphatic carbocycles. The van der Waals surface area contributed by atoms with Crippen LogP contribution >= 0.6 is 12.4 Å². The van der Waals surface area contributed by atoms with Crippen molar-refractivity contribution in [1.29, 1.82) is 0 Å². The Morgan fingerprint density at radius 3 is 2.25 bits per heavy atom. The zero-order chi connectivity index (χ0) is 16.5. The summed E-state index contributed by atoms with van der Waals surface area (Å²) < 4.78 is 0. The van der Waals surface area contributed by atoms with E-state index in [0.717, 1.165) is 24.3 Å². The first kappa shape index (κ1) is 20.0. The third kappa shape index (κ3) is 6.60. The van der Waals surface area contributed by atoms with Crippen LogP contribution in [0.25, 0.3) is 0 Å². The van der Waals surface area contributed by atoms with Crippen molar-refractivity contribution < 1.29 is 4.79 Å². The van der Waals surface area contributed by atoms with Crippen LogP contribution in [0.4, 0.5) is 11.4 Å². The molecule has 1 amide bonds. The molecule has 0 spiro atoms. The van der Waals surface area contributed by atoms with E-state index >= 15 is 0 Å². The molecule has 0 saturated carbocycles. The highest BCUT2D eigenvalue weighted by molar-refractivity contribution is 5.90. The molecule has 3 N–H and O–H groups in total. The minimum atomic E-state index is 0. The van der Waals surface area contributed by atoms with Gasteiger partial charge in [-0.25, -0.2) is 0 Å². The van der Waals surface area contributed by atoms with E-state index < -0.39 is 0 Å². The van der Waals surface area contributed by atoms with Crippen molar-refractivity contribution in [3.63, 3.8) is 0 Å². The molecule has 24 heavy (non-hydrogen) atoms. The van der Waals surface area contributed by atoms with Crippen LogP contribution < -0.4 is 16.0 Å². The normalized spacial score (nSPS) is 11.2. The second kappa shape index (κ2) is 10.7. The first-order valence-electron chi connectivity index (χ1n) is 8.05. The fourth-order valence-corrected chi connectivity index (χ4v) is 2.37. The molecule has 0 radical (unpaired) electrons. The molecule has 2 rings (SSSR count). The van der Waals surface area contributed by atoms with Gasteiger partial charge >= 0.3 is 0 Å². The Kier molecular flexibility index (Phi) is 8.90. The fraction of sp³-hybridized carbons (Fsp3) is 0.316. The van der Waals surface area contributed by atoms with Crippen LogP contribution in [0.1, 0.15) is 31.4 Å². The van der Waals surface area contributed by atoms with Gasteiger partial charge in [0, 0.05) is 23.8 Å². The molecular weight excluding hydrogens is 322 g/mol. The van der Waals surface area contributed by atoms with Crippen molar-refractivity contribution in [1.82, 2.24) is 5.32 Å². The van der Waals surface area contributed by atoms with Gasteiger partial charge in [0.25, 0.3) is 0 Å². The average molecular weight is 348 g/mol. The number of nitrogens with one attached hydrogen (secondary N) is 3. The summed E-state index contributed by atoms with van der Waals surface area (Å²) in [6.45, 7) is 2.99. The van der Waals surface area contributed by atoms with Gasteiger partial charge in [-0.1, -0.05) is 30.3 Å². The first-order chi connectivity index (χ1) is 11.2. The molecular formula is C19H26ClN3O. The van der Waals surface area contributed by atoms with Crippen LogP contribution in [-0.4, -0.2) is 19.5 Å². The number of rotatable bonds is 8. The van der Waals surface area contributed by atoms with Gasteiger partial charge in [0.15, 0.2) is 0 Å². The molecule has 2 aromatic carbocycles. The van der Waals surface area contributed by atoms with Crippen molar-refractivity contribution in [2.45, 2.75) is 25.8 Å². The highest BCUT2D eigenvalue weighted by atomic mass is 35.5. The number of benzene rings is 2. The van der Waals surface area contributed by atoms with Crippen molar-refractivity contribution in [2.24, 2.45) is 0 Å². The molecule has 0 aliphatic rings. The lowest BCUT2D eigenvalue weighted by Crippen LogP contribution is -2.15. The minimum Gasteiger partial charge on any atom is -0.379 e. The van der Waals surface area contributed by atoms with Crippen LogP contribution in [0.15, 0.2) is 54.6 Å². The Morgan fingerprint density at radius 1 is 1.00 bits per heavy atom. The zero-order valence-electron chi connectivity index (χ0n) is 14.2. The monoisotopic (exact) mass is 347 g/mol. The van der Waals surface area contributed by atoms with E-state index in [2.05, 4.69) is 35.0 Å². The number of carbonyl (C=O) groups is 1. The van der Waals surface area contributed by atoms with E-state index in [4.69, 9.17) is 0 Å². The Bertz CT molecular complexity index is 602. The Labute approximate surface area is 150 Å². The van der Waals surface area contributed by atoms with Gasteiger partial charge in [-0.3, -0.25) is 4.79 Å². The number of hydrogen-bond donors (Lipinski definition) is 3. The molecule has 130 valence electrons. The van der Waals surface area contributed by atoms with Crippen LogP contribution in [-0.2, 0) is 4.79 Å². The summed E-state index contributed by atoms with van der Waals surface area (Å²) >= 11 is 0. The third-order valence-corrected chi connectivity index (χ3v) is 3.68. The van der Waals surface area contributed by atoms with Crippen molar-refractivity contribution >= 4 is 29.7 Å². The van der Waals surface area contributed by atoms with Gasteiger partial charge in [-0.2, -0.15) is 0 Å². The predicted octanol–water partition coefficient (Wildman–Crippen LogP) is 4.22. The van der Waals surface area contributed by atoms with E-state index in [-0.39, 0.29) is 24.4 Å². The quantitative estimate of drug-likeness (QED) is 0.627. The lowest BCUT2D eigenvalue weighted by atomic mass is 10.1.